The lowest BCUT2D eigenvalue weighted by Crippen LogP contribution is -2.47. The van der Waals surface area contributed by atoms with E-state index < -0.39 is 24.6 Å². The van der Waals surface area contributed by atoms with Crippen LogP contribution in [0.1, 0.15) is 20.3 Å². The van der Waals surface area contributed by atoms with Crippen LogP contribution >= 0.6 is 0 Å². The average Bonchev–Trinajstić information content (AvgIpc) is 2.67. The number of anilines is 1. The number of nitrogens with one attached hydrogen (secondary N) is 2. The van der Waals surface area contributed by atoms with Crippen molar-refractivity contribution in [2.45, 2.75) is 26.4 Å². The molecule has 146 valence electrons. The predicted octanol–water partition coefficient (Wildman–Crippen LogP) is -0.0139. The van der Waals surface area contributed by atoms with E-state index in [0.29, 0.717) is 18.0 Å². The fraction of sp³-hybridized carbons (Fsp3) is 0.444. The molecule has 2 N–H and O–H groups in total. The number of amides is 3. The highest BCUT2D eigenvalue weighted by Crippen LogP contribution is 2.33. The molecule has 0 radical (unpaired) electrons. The van der Waals surface area contributed by atoms with E-state index in [2.05, 4.69) is 10.6 Å². The largest absolute Gasteiger partial charge is 0.475 e. The van der Waals surface area contributed by atoms with Crippen LogP contribution in [0.25, 0.3) is 0 Å². The lowest BCUT2D eigenvalue weighted by atomic mass is 10.2. The molecule has 3 amide bonds. The standard InChI is InChI=1S/C18H23N3O6/c1-3-8-19-16(23)9-20-17(24)11-26-18(25)15-10-21(12(2)22)13-6-4-5-7-14(13)27-15/h4-7,15H,3,8-11H2,1-2H3,(H,19,23)(H,20,24)/t15-/m1/s1. The maximum absolute atomic E-state index is 12.2. The van der Waals surface area contributed by atoms with Gasteiger partial charge in [-0.15, -0.1) is 0 Å². The van der Waals surface area contributed by atoms with Crippen LogP contribution < -0.4 is 20.3 Å². The molecule has 0 unspecified atom stereocenters. The summed E-state index contributed by atoms with van der Waals surface area (Å²) >= 11 is 0. The van der Waals surface area contributed by atoms with Crippen molar-refractivity contribution in [3.05, 3.63) is 24.3 Å². The van der Waals surface area contributed by atoms with Gasteiger partial charge in [-0.3, -0.25) is 14.4 Å². The van der Waals surface area contributed by atoms with Gasteiger partial charge in [0.1, 0.15) is 5.75 Å². The van der Waals surface area contributed by atoms with Crippen LogP contribution in [0.5, 0.6) is 5.75 Å². The topological polar surface area (TPSA) is 114 Å². The summed E-state index contributed by atoms with van der Waals surface area (Å²) in [5.41, 5.74) is 0.574. The highest BCUT2D eigenvalue weighted by molar-refractivity contribution is 5.95. The minimum atomic E-state index is -1.04. The Morgan fingerprint density at radius 2 is 1.93 bits per heavy atom. The molecule has 0 spiro atoms. The number of para-hydroxylation sites is 2. The minimum absolute atomic E-state index is 0.00772. The number of fused-ring (bicyclic) bond motifs is 1. The van der Waals surface area contributed by atoms with Crippen molar-refractivity contribution in [3.8, 4) is 5.75 Å². The molecular formula is C18H23N3O6. The molecule has 0 fully saturated rings. The van der Waals surface area contributed by atoms with Crippen molar-refractivity contribution >= 4 is 29.4 Å². The number of nitrogens with zero attached hydrogens (tertiary/aromatic N) is 1. The van der Waals surface area contributed by atoms with Gasteiger partial charge in [0.25, 0.3) is 5.91 Å². The second kappa shape index (κ2) is 9.56. The third-order valence-corrected chi connectivity index (χ3v) is 3.78. The summed E-state index contributed by atoms with van der Waals surface area (Å²) in [6.45, 7) is 3.09. The quantitative estimate of drug-likeness (QED) is 0.646. The summed E-state index contributed by atoms with van der Waals surface area (Å²) < 4.78 is 10.5. The number of rotatable bonds is 7. The van der Waals surface area contributed by atoms with Crippen molar-refractivity contribution in [1.82, 2.24) is 10.6 Å². The molecule has 1 heterocycles. The fourth-order valence-electron chi connectivity index (χ4n) is 2.44. The first kappa shape index (κ1) is 20.2. The summed E-state index contributed by atoms with van der Waals surface area (Å²) in [5.74, 6) is -1.53. The highest BCUT2D eigenvalue weighted by Gasteiger charge is 2.33. The summed E-state index contributed by atoms with van der Waals surface area (Å²) in [6.07, 6.45) is -0.247. The summed E-state index contributed by atoms with van der Waals surface area (Å²) in [5, 5.41) is 4.97. The molecule has 0 aromatic heterocycles. The normalized spacial score (nSPS) is 15.2. The molecule has 27 heavy (non-hydrogen) atoms. The molecule has 0 bridgehead atoms. The Labute approximate surface area is 157 Å². The predicted molar refractivity (Wildman–Crippen MR) is 96.2 cm³/mol. The van der Waals surface area contributed by atoms with Gasteiger partial charge in [-0.1, -0.05) is 19.1 Å². The Morgan fingerprint density at radius 3 is 2.63 bits per heavy atom. The molecule has 9 heteroatoms. The Balaban J connectivity index is 1.85. The Morgan fingerprint density at radius 1 is 1.19 bits per heavy atom. The van der Waals surface area contributed by atoms with Gasteiger partial charge in [-0.2, -0.15) is 0 Å². The second-order valence-corrected chi connectivity index (χ2v) is 5.94. The van der Waals surface area contributed by atoms with E-state index >= 15 is 0 Å². The van der Waals surface area contributed by atoms with Crippen LogP contribution in [0.2, 0.25) is 0 Å². The highest BCUT2D eigenvalue weighted by atomic mass is 16.6. The molecule has 2 rings (SSSR count). The van der Waals surface area contributed by atoms with Crippen molar-refractivity contribution in [2.75, 3.05) is 31.1 Å². The number of ether oxygens (including phenoxy) is 2. The van der Waals surface area contributed by atoms with E-state index in [0.717, 1.165) is 6.42 Å². The number of hydrogen-bond acceptors (Lipinski definition) is 6. The number of benzene rings is 1. The summed E-state index contributed by atoms with van der Waals surface area (Å²) in [4.78, 5) is 48.6. The molecule has 9 nitrogen and oxygen atoms in total. The van der Waals surface area contributed by atoms with Gasteiger partial charge in [0.05, 0.1) is 18.8 Å². The maximum Gasteiger partial charge on any atom is 0.349 e. The van der Waals surface area contributed by atoms with Gasteiger partial charge in [0.15, 0.2) is 6.61 Å². The van der Waals surface area contributed by atoms with Crippen LogP contribution in [0.4, 0.5) is 5.69 Å². The number of esters is 1. The third kappa shape index (κ3) is 5.70. The van der Waals surface area contributed by atoms with Gasteiger partial charge < -0.3 is 25.0 Å². The lowest BCUT2D eigenvalue weighted by Gasteiger charge is -2.33. The van der Waals surface area contributed by atoms with Gasteiger partial charge in [-0.25, -0.2) is 4.79 Å². The van der Waals surface area contributed by atoms with Gasteiger partial charge in [-0.05, 0) is 18.6 Å². The first-order valence-electron chi connectivity index (χ1n) is 8.66. The van der Waals surface area contributed by atoms with E-state index in [1.165, 1.54) is 11.8 Å². The van der Waals surface area contributed by atoms with E-state index in [1.807, 2.05) is 6.92 Å². The number of carbonyl (C=O) groups is 4. The molecule has 1 aromatic rings. The zero-order valence-corrected chi connectivity index (χ0v) is 15.3. The second-order valence-electron chi connectivity index (χ2n) is 5.94. The molecule has 0 aliphatic carbocycles. The summed E-state index contributed by atoms with van der Waals surface area (Å²) in [6, 6.07) is 6.85. The number of carbonyl (C=O) groups excluding carboxylic acids is 4. The van der Waals surface area contributed by atoms with E-state index in [9.17, 15) is 19.2 Å². The van der Waals surface area contributed by atoms with Gasteiger partial charge in [0.2, 0.25) is 17.9 Å². The van der Waals surface area contributed by atoms with Gasteiger partial charge >= 0.3 is 5.97 Å². The van der Waals surface area contributed by atoms with Gasteiger partial charge in [0, 0.05) is 13.5 Å². The van der Waals surface area contributed by atoms with Crippen LogP contribution in [-0.4, -0.2) is 56.0 Å². The fourth-order valence-corrected chi connectivity index (χ4v) is 2.44. The molecular weight excluding hydrogens is 354 g/mol. The molecule has 1 aliphatic heterocycles. The van der Waals surface area contributed by atoms with Crippen molar-refractivity contribution in [2.24, 2.45) is 0 Å². The maximum atomic E-state index is 12.2. The van der Waals surface area contributed by atoms with E-state index in [-0.39, 0.29) is 24.9 Å². The Hall–Kier alpha value is -3.10. The number of hydrogen-bond donors (Lipinski definition) is 2. The smallest absolute Gasteiger partial charge is 0.349 e. The van der Waals surface area contributed by atoms with Crippen LogP contribution in [0, 0.1) is 0 Å². The van der Waals surface area contributed by atoms with Crippen LogP contribution in [0.15, 0.2) is 24.3 Å². The molecule has 1 aliphatic rings. The third-order valence-electron chi connectivity index (χ3n) is 3.78. The molecule has 1 atom stereocenters. The van der Waals surface area contributed by atoms with E-state index in [1.54, 1.807) is 24.3 Å². The van der Waals surface area contributed by atoms with Crippen molar-refractivity contribution in [3.63, 3.8) is 0 Å². The lowest BCUT2D eigenvalue weighted by molar-refractivity contribution is -0.155. The first-order valence-corrected chi connectivity index (χ1v) is 8.66. The van der Waals surface area contributed by atoms with E-state index in [4.69, 9.17) is 9.47 Å². The monoisotopic (exact) mass is 377 g/mol. The molecule has 1 aromatic carbocycles. The van der Waals surface area contributed by atoms with Crippen molar-refractivity contribution < 1.29 is 28.7 Å². The first-order chi connectivity index (χ1) is 12.9. The van der Waals surface area contributed by atoms with Crippen molar-refractivity contribution in [1.29, 1.82) is 0 Å². The zero-order chi connectivity index (χ0) is 19.8. The minimum Gasteiger partial charge on any atom is -0.475 e. The zero-order valence-electron chi connectivity index (χ0n) is 15.3. The SMILES string of the molecule is CCCNC(=O)CNC(=O)COC(=O)[C@H]1CN(C(C)=O)c2ccccc2O1. The Kier molecular flexibility index (Phi) is 7.16. The summed E-state index contributed by atoms with van der Waals surface area (Å²) in [7, 11) is 0. The van der Waals surface area contributed by atoms with Crippen LogP contribution in [0.3, 0.4) is 0 Å². The molecule has 0 saturated heterocycles. The average molecular weight is 377 g/mol. The van der Waals surface area contributed by atoms with Crippen LogP contribution in [-0.2, 0) is 23.9 Å². The Bertz CT molecular complexity index is 721. The molecule has 0 saturated carbocycles.